The van der Waals surface area contributed by atoms with Gasteiger partial charge in [0.15, 0.2) is 11.5 Å². The Hall–Kier alpha value is -2.68. The maximum Gasteiger partial charge on any atom is 0.433 e. The van der Waals surface area contributed by atoms with Gasteiger partial charge in [0.1, 0.15) is 18.2 Å². The second-order valence-electron chi connectivity index (χ2n) is 4.63. The third kappa shape index (κ3) is 5.15. The van der Waals surface area contributed by atoms with Crippen LogP contribution in [0.2, 0.25) is 0 Å². The molecule has 0 unspecified atom stereocenters. The number of nitrogens with one attached hydrogen (secondary N) is 1. The van der Waals surface area contributed by atoms with E-state index in [1.807, 2.05) is 0 Å². The lowest BCUT2D eigenvalue weighted by molar-refractivity contribution is -0.141. The first kappa shape index (κ1) is 18.7. The zero-order valence-corrected chi connectivity index (χ0v) is 13.4. The molecule has 0 saturated carbocycles. The predicted octanol–water partition coefficient (Wildman–Crippen LogP) is 3.30. The van der Waals surface area contributed by atoms with Gasteiger partial charge in [0.05, 0.1) is 11.9 Å². The molecule has 25 heavy (non-hydrogen) atoms. The molecule has 10 heteroatoms. The maximum absolute atomic E-state index is 13.0. The Morgan fingerprint density at radius 2 is 2.12 bits per heavy atom. The molecule has 2 aromatic heterocycles. The number of aromatic nitrogens is 3. The number of ether oxygens (including phenoxy) is 1. The van der Waals surface area contributed by atoms with Crippen LogP contribution < -0.4 is 10.1 Å². The fraction of sp³-hybridized carbons (Fsp3) is 0.200. The minimum Gasteiger partial charge on any atom is -0.473 e. The summed E-state index contributed by atoms with van der Waals surface area (Å²) in [4.78, 5) is 22.5. The lowest BCUT2D eigenvalue weighted by Crippen LogP contribution is -2.13. The quantitative estimate of drug-likeness (QED) is 0.622. The number of hydrogen-bond donors (Lipinski definition) is 1. The second-order valence-corrected chi connectivity index (χ2v) is 4.89. The number of amides is 1. The molecule has 1 N–H and O–H groups in total. The molecule has 0 spiro atoms. The van der Waals surface area contributed by atoms with Crippen LogP contribution in [0, 0.1) is 0 Å². The molecule has 0 fully saturated rings. The Balaban J connectivity index is 2.36. The van der Waals surface area contributed by atoms with Crippen LogP contribution in [0.3, 0.4) is 0 Å². The van der Waals surface area contributed by atoms with Crippen LogP contribution in [0.25, 0.3) is 11.5 Å². The molecule has 0 radical (unpaired) electrons. The van der Waals surface area contributed by atoms with Gasteiger partial charge in [-0.25, -0.2) is 4.98 Å². The van der Waals surface area contributed by atoms with Crippen LogP contribution in [0.5, 0.6) is 5.88 Å². The molecule has 0 aliphatic rings. The summed E-state index contributed by atoms with van der Waals surface area (Å²) in [6.07, 6.45) is -2.03. The number of carbonyl (C=O) groups excluding carboxylic acids is 1. The number of nitrogens with zero attached hydrogens (tertiary/aromatic N) is 3. The lowest BCUT2D eigenvalue weighted by atomic mass is 10.3. The Kier molecular flexibility index (Phi) is 5.92. The summed E-state index contributed by atoms with van der Waals surface area (Å²) in [5.41, 5.74) is -0.735. The van der Waals surface area contributed by atoms with E-state index in [-0.39, 0.29) is 29.9 Å². The van der Waals surface area contributed by atoms with Gasteiger partial charge in [-0.2, -0.15) is 18.2 Å². The molecule has 2 aromatic rings. The van der Waals surface area contributed by atoms with Gasteiger partial charge in [-0.05, 0) is 12.1 Å². The van der Waals surface area contributed by atoms with Crippen molar-refractivity contribution in [2.24, 2.45) is 0 Å². The van der Waals surface area contributed by atoms with Crippen LogP contribution in [-0.4, -0.2) is 33.3 Å². The fourth-order valence-corrected chi connectivity index (χ4v) is 1.76. The van der Waals surface area contributed by atoms with Gasteiger partial charge in [-0.15, -0.1) is 11.6 Å². The maximum atomic E-state index is 13.0. The standard InChI is InChI=1S/C15H12ClF3N4O2/c1-2-5-25-13-6-11(15(17,18)19)22-14(23-13)10-4-3-9(8-20-10)21-12(24)7-16/h2-4,6,8H,1,5,7H2,(H,21,24). The summed E-state index contributed by atoms with van der Waals surface area (Å²) >= 11 is 5.37. The summed E-state index contributed by atoms with van der Waals surface area (Å²) in [6.45, 7) is 3.41. The predicted molar refractivity (Wildman–Crippen MR) is 85.3 cm³/mol. The minimum atomic E-state index is -4.67. The topological polar surface area (TPSA) is 77.0 Å². The molecule has 2 heterocycles. The van der Waals surface area contributed by atoms with E-state index >= 15 is 0 Å². The molecular weight excluding hydrogens is 361 g/mol. The Labute approximate surface area is 145 Å². The number of pyridine rings is 1. The molecule has 0 aliphatic heterocycles. The number of carbonyl (C=O) groups is 1. The summed E-state index contributed by atoms with van der Waals surface area (Å²) in [5, 5.41) is 2.46. The molecule has 2 rings (SSSR count). The van der Waals surface area contributed by atoms with Crippen molar-refractivity contribution < 1.29 is 22.7 Å². The van der Waals surface area contributed by atoms with E-state index in [1.54, 1.807) is 0 Å². The van der Waals surface area contributed by atoms with Crippen LogP contribution in [-0.2, 0) is 11.0 Å². The zero-order chi connectivity index (χ0) is 18.4. The molecular formula is C15H12ClF3N4O2. The van der Waals surface area contributed by atoms with Crippen molar-refractivity contribution in [2.75, 3.05) is 17.8 Å². The highest BCUT2D eigenvalue weighted by molar-refractivity contribution is 6.29. The third-order valence-electron chi connectivity index (χ3n) is 2.74. The average molecular weight is 373 g/mol. The van der Waals surface area contributed by atoms with Crippen molar-refractivity contribution in [3.63, 3.8) is 0 Å². The molecule has 0 atom stereocenters. The summed E-state index contributed by atoms with van der Waals surface area (Å²) in [6, 6.07) is 3.51. The smallest absolute Gasteiger partial charge is 0.433 e. The first-order valence-corrected chi connectivity index (χ1v) is 7.39. The Morgan fingerprint density at radius 1 is 1.36 bits per heavy atom. The summed E-state index contributed by atoms with van der Waals surface area (Å²) in [7, 11) is 0. The molecule has 132 valence electrons. The van der Waals surface area contributed by atoms with Crippen molar-refractivity contribution in [2.45, 2.75) is 6.18 Å². The second kappa shape index (κ2) is 7.93. The van der Waals surface area contributed by atoms with Crippen LogP contribution in [0.15, 0.2) is 37.1 Å². The number of halogens is 4. The van der Waals surface area contributed by atoms with Crippen LogP contribution in [0.4, 0.5) is 18.9 Å². The molecule has 1 amide bonds. The van der Waals surface area contributed by atoms with Gasteiger partial charge in [0.2, 0.25) is 11.8 Å². The average Bonchev–Trinajstić information content (AvgIpc) is 2.59. The Bertz CT molecular complexity index is 766. The van der Waals surface area contributed by atoms with E-state index in [4.69, 9.17) is 16.3 Å². The first-order chi connectivity index (χ1) is 11.8. The van der Waals surface area contributed by atoms with Crippen molar-refractivity contribution in [3.8, 4) is 17.4 Å². The van der Waals surface area contributed by atoms with Crippen molar-refractivity contribution in [3.05, 3.63) is 42.7 Å². The molecule has 0 bridgehead atoms. The molecule has 0 saturated heterocycles. The first-order valence-electron chi connectivity index (χ1n) is 6.85. The van der Waals surface area contributed by atoms with Gasteiger partial charge < -0.3 is 10.1 Å². The largest absolute Gasteiger partial charge is 0.473 e. The van der Waals surface area contributed by atoms with Crippen LogP contribution in [0.1, 0.15) is 5.69 Å². The lowest BCUT2D eigenvalue weighted by Gasteiger charge is -2.10. The van der Waals surface area contributed by atoms with Gasteiger partial charge in [-0.3, -0.25) is 9.78 Å². The van der Waals surface area contributed by atoms with Crippen molar-refractivity contribution in [1.29, 1.82) is 0 Å². The summed E-state index contributed by atoms with van der Waals surface area (Å²) < 4.78 is 44.0. The van der Waals surface area contributed by atoms with E-state index in [9.17, 15) is 18.0 Å². The minimum absolute atomic E-state index is 0.00935. The number of hydrogen-bond acceptors (Lipinski definition) is 5. The van der Waals surface area contributed by atoms with Crippen molar-refractivity contribution in [1.82, 2.24) is 15.0 Å². The van der Waals surface area contributed by atoms with Crippen molar-refractivity contribution >= 4 is 23.2 Å². The normalized spacial score (nSPS) is 11.0. The highest BCUT2D eigenvalue weighted by Crippen LogP contribution is 2.31. The van der Waals surface area contributed by atoms with E-state index in [2.05, 4.69) is 26.8 Å². The fourth-order valence-electron chi connectivity index (χ4n) is 1.70. The number of anilines is 1. The van der Waals surface area contributed by atoms with E-state index in [1.165, 1.54) is 24.4 Å². The molecule has 0 aromatic carbocycles. The van der Waals surface area contributed by atoms with Gasteiger partial charge in [0, 0.05) is 6.07 Å². The molecule has 6 nitrogen and oxygen atoms in total. The zero-order valence-electron chi connectivity index (χ0n) is 12.7. The highest BCUT2D eigenvalue weighted by Gasteiger charge is 2.34. The monoisotopic (exact) mass is 372 g/mol. The summed E-state index contributed by atoms with van der Waals surface area (Å²) in [5.74, 6) is -1.18. The van der Waals surface area contributed by atoms with Gasteiger partial charge >= 0.3 is 6.18 Å². The number of rotatable bonds is 6. The SMILES string of the molecule is C=CCOc1cc(C(F)(F)F)nc(-c2ccc(NC(=O)CCl)cn2)n1. The van der Waals surface area contributed by atoms with Gasteiger partial charge in [-0.1, -0.05) is 12.7 Å². The highest BCUT2D eigenvalue weighted by atomic mass is 35.5. The van der Waals surface area contributed by atoms with E-state index < -0.39 is 17.8 Å². The van der Waals surface area contributed by atoms with E-state index in [0.29, 0.717) is 11.8 Å². The van der Waals surface area contributed by atoms with E-state index in [0.717, 1.165) is 0 Å². The third-order valence-corrected chi connectivity index (χ3v) is 2.98. The Morgan fingerprint density at radius 3 is 2.68 bits per heavy atom. The van der Waals surface area contributed by atoms with Gasteiger partial charge in [0.25, 0.3) is 0 Å². The molecule has 0 aliphatic carbocycles. The number of alkyl halides is 4. The van der Waals surface area contributed by atoms with Crippen LogP contribution >= 0.6 is 11.6 Å².